The Kier molecular flexibility index (Phi) is 4.18. The number of hydrogen-bond acceptors (Lipinski definition) is 4. The molecule has 5 heteroatoms. The molecule has 0 radical (unpaired) electrons. The van der Waals surface area contributed by atoms with Crippen LogP contribution in [0.4, 0.5) is 5.69 Å². The van der Waals surface area contributed by atoms with E-state index in [0.717, 1.165) is 30.4 Å². The Labute approximate surface area is 131 Å². The molecule has 1 aliphatic carbocycles. The molecule has 1 heterocycles. The van der Waals surface area contributed by atoms with Crippen molar-refractivity contribution < 1.29 is 9.47 Å². The van der Waals surface area contributed by atoms with Crippen molar-refractivity contribution in [2.24, 2.45) is 5.92 Å². The maximum atomic E-state index is 6.21. The zero-order chi connectivity index (χ0) is 15.0. The second-order valence-corrected chi connectivity index (χ2v) is 6.42. The molecule has 2 aliphatic rings. The fourth-order valence-electron chi connectivity index (χ4n) is 3.11. The average Bonchev–Trinajstić information content (AvgIpc) is 3.32. The zero-order valence-corrected chi connectivity index (χ0v) is 13.6. The molecule has 0 spiro atoms. The first-order valence-electron chi connectivity index (χ1n) is 7.55. The summed E-state index contributed by atoms with van der Waals surface area (Å²) >= 11 is 6.21. The van der Waals surface area contributed by atoms with Gasteiger partial charge in [-0.15, -0.1) is 0 Å². The van der Waals surface area contributed by atoms with E-state index in [1.54, 1.807) is 14.2 Å². The van der Waals surface area contributed by atoms with Crippen molar-refractivity contribution in [1.82, 2.24) is 5.32 Å². The summed E-state index contributed by atoms with van der Waals surface area (Å²) in [5.74, 6) is 2.34. The van der Waals surface area contributed by atoms with Crippen LogP contribution in [0.5, 0.6) is 11.5 Å². The van der Waals surface area contributed by atoms with Crippen molar-refractivity contribution >= 4 is 17.3 Å². The van der Waals surface area contributed by atoms with Crippen molar-refractivity contribution in [2.45, 2.75) is 31.8 Å². The molecule has 0 bridgehead atoms. The fourth-order valence-corrected chi connectivity index (χ4v) is 3.34. The van der Waals surface area contributed by atoms with Crippen LogP contribution >= 0.6 is 11.6 Å². The first-order chi connectivity index (χ1) is 10.1. The highest BCUT2D eigenvalue weighted by Gasteiger charge is 2.37. The molecule has 116 valence electrons. The number of ether oxygens (including phenoxy) is 2. The van der Waals surface area contributed by atoms with Crippen LogP contribution in [-0.2, 0) is 0 Å². The molecule has 1 saturated heterocycles. The molecule has 1 saturated carbocycles. The quantitative estimate of drug-likeness (QED) is 0.927. The highest BCUT2D eigenvalue weighted by molar-refractivity contribution is 6.32. The molecule has 3 rings (SSSR count). The first kappa shape index (κ1) is 14.8. The predicted octanol–water partition coefficient (Wildman–Crippen LogP) is 2.93. The van der Waals surface area contributed by atoms with Crippen LogP contribution in [0.3, 0.4) is 0 Å². The van der Waals surface area contributed by atoms with E-state index in [9.17, 15) is 0 Å². The number of rotatable bonds is 4. The van der Waals surface area contributed by atoms with Crippen LogP contribution in [0.1, 0.15) is 19.8 Å². The monoisotopic (exact) mass is 310 g/mol. The van der Waals surface area contributed by atoms with Crippen LogP contribution in [0.2, 0.25) is 5.02 Å². The lowest BCUT2D eigenvalue weighted by atomic mass is 10.0. The molecular formula is C16H23ClN2O2. The highest BCUT2D eigenvalue weighted by Crippen LogP contribution is 2.41. The molecule has 0 amide bonds. The van der Waals surface area contributed by atoms with Gasteiger partial charge in [-0.25, -0.2) is 0 Å². The maximum absolute atomic E-state index is 6.21. The molecule has 1 aliphatic heterocycles. The lowest BCUT2D eigenvalue weighted by Crippen LogP contribution is -2.56. The zero-order valence-electron chi connectivity index (χ0n) is 12.9. The van der Waals surface area contributed by atoms with E-state index in [-0.39, 0.29) is 0 Å². The minimum Gasteiger partial charge on any atom is -0.495 e. The summed E-state index contributed by atoms with van der Waals surface area (Å²) in [5, 5.41) is 4.25. The van der Waals surface area contributed by atoms with E-state index in [1.165, 1.54) is 12.8 Å². The molecule has 1 aromatic rings. The average molecular weight is 311 g/mol. The number of anilines is 1. The number of benzene rings is 1. The third-order valence-corrected chi connectivity index (χ3v) is 4.85. The molecule has 2 fully saturated rings. The van der Waals surface area contributed by atoms with Crippen molar-refractivity contribution in [3.63, 3.8) is 0 Å². The molecule has 4 nitrogen and oxygen atoms in total. The molecule has 2 atom stereocenters. The summed E-state index contributed by atoms with van der Waals surface area (Å²) in [7, 11) is 3.33. The summed E-state index contributed by atoms with van der Waals surface area (Å²) in [4.78, 5) is 2.41. The number of nitrogens with one attached hydrogen (secondary N) is 1. The van der Waals surface area contributed by atoms with Gasteiger partial charge in [-0.1, -0.05) is 11.6 Å². The Morgan fingerprint density at radius 1 is 1.19 bits per heavy atom. The fraction of sp³-hybridized carbons (Fsp3) is 0.625. The summed E-state index contributed by atoms with van der Waals surface area (Å²) in [6.07, 6.45) is 2.70. The number of halogens is 1. The third kappa shape index (κ3) is 2.92. The Bertz CT molecular complexity index is 519. The largest absolute Gasteiger partial charge is 0.495 e. The van der Waals surface area contributed by atoms with Gasteiger partial charge in [-0.3, -0.25) is 0 Å². The van der Waals surface area contributed by atoms with E-state index >= 15 is 0 Å². The highest BCUT2D eigenvalue weighted by atomic mass is 35.5. The summed E-state index contributed by atoms with van der Waals surface area (Å²) < 4.78 is 10.9. The number of piperazine rings is 1. The second-order valence-electron chi connectivity index (χ2n) is 6.01. The van der Waals surface area contributed by atoms with E-state index in [0.29, 0.717) is 22.9 Å². The molecule has 0 aromatic heterocycles. The summed E-state index contributed by atoms with van der Waals surface area (Å²) in [6, 6.07) is 4.83. The van der Waals surface area contributed by atoms with E-state index < -0.39 is 0 Å². The standard InChI is InChI=1S/C16H23ClN2O2/c1-10-8-18-13(11-4-5-11)9-19(10)14-7-15(20-2)12(17)6-16(14)21-3/h6-7,10-11,13,18H,4-5,8-9H2,1-3H3. The molecular weight excluding hydrogens is 288 g/mol. The van der Waals surface area contributed by atoms with Crippen LogP contribution in [-0.4, -0.2) is 39.4 Å². The topological polar surface area (TPSA) is 33.7 Å². The lowest BCUT2D eigenvalue weighted by Gasteiger charge is -2.41. The second kappa shape index (κ2) is 5.93. The van der Waals surface area contributed by atoms with Crippen LogP contribution in [0, 0.1) is 5.92 Å². The summed E-state index contributed by atoms with van der Waals surface area (Å²) in [6.45, 7) is 4.24. The van der Waals surface area contributed by atoms with Gasteiger partial charge in [-0.2, -0.15) is 0 Å². The summed E-state index contributed by atoms with van der Waals surface area (Å²) in [5.41, 5.74) is 1.07. The molecule has 2 unspecified atom stereocenters. The van der Waals surface area contributed by atoms with Crippen LogP contribution in [0.25, 0.3) is 0 Å². The van der Waals surface area contributed by atoms with Crippen molar-refractivity contribution in [3.8, 4) is 11.5 Å². The lowest BCUT2D eigenvalue weighted by molar-refractivity contribution is 0.365. The van der Waals surface area contributed by atoms with Gasteiger partial charge >= 0.3 is 0 Å². The predicted molar refractivity (Wildman–Crippen MR) is 85.9 cm³/mol. The first-order valence-corrected chi connectivity index (χ1v) is 7.93. The van der Waals surface area contributed by atoms with Gasteiger partial charge in [0.2, 0.25) is 0 Å². The minimum atomic E-state index is 0.416. The van der Waals surface area contributed by atoms with E-state index in [2.05, 4.69) is 17.1 Å². The minimum absolute atomic E-state index is 0.416. The number of nitrogens with zero attached hydrogens (tertiary/aromatic N) is 1. The number of hydrogen-bond donors (Lipinski definition) is 1. The smallest absolute Gasteiger partial charge is 0.143 e. The Morgan fingerprint density at radius 3 is 2.52 bits per heavy atom. The van der Waals surface area contributed by atoms with Gasteiger partial charge in [0.15, 0.2) is 0 Å². The van der Waals surface area contributed by atoms with Crippen molar-refractivity contribution in [2.75, 3.05) is 32.2 Å². The van der Waals surface area contributed by atoms with Gasteiger partial charge in [0, 0.05) is 37.3 Å². The molecule has 1 N–H and O–H groups in total. The molecule has 1 aromatic carbocycles. The maximum Gasteiger partial charge on any atom is 0.143 e. The van der Waals surface area contributed by atoms with E-state index in [1.807, 2.05) is 12.1 Å². The van der Waals surface area contributed by atoms with Gasteiger partial charge in [-0.05, 0) is 25.7 Å². The Morgan fingerprint density at radius 2 is 1.90 bits per heavy atom. The van der Waals surface area contributed by atoms with Gasteiger partial charge in [0.1, 0.15) is 11.5 Å². The molecule has 21 heavy (non-hydrogen) atoms. The SMILES string of the molecule is COc1cc(N2CC(C3CC3)NCC2C)c(OC)cc1Cl. The van der Waals surface area contributed by atoms with Crippen LogP contribution in [0.15, 0.2) is 12.1 Å². The van der Waals surface area contributed by atoms with Gasteiger partial charge < -0.3 is 19.7 Å². The van der Waals surface area contributed by atoms with Crippen molar-refractivity contribution in [3.05, 3.63) is 17.2 Å². The van der Waals surface area contributed by atoms with Gasteiger partial charge in [0.25, 0.3) is 0 Å². The number of methoxy groups -OCH3 is 2. The Hall–Kier alpha value is -1.13. The van der Waals surface area contributed by atoms with E-state index in [4.69, 9.17) is 21.1 Å². The normalized spacial score (nSPS) is 25.8. The van der Waals surface area contributed by atoms with Crippen molar-refractivity contribution in [1.29, 1.82) is 0 Å². The Balaban J connectivity index is 1.92. The van der Waals surface area contributed by atoms with Gasteiger partial charge in [0.05, 0.1) is 24.9 Å². The van der Waals surface area contributed by atoms with Crippen LogP contribution < -0.4 is 19.7 Å². The third-order valence-electron chi connectivity index (χ3n) is 4.55.